The smallest absolute Gasteiger partial charge is 0.313 e. The molecule has 0 radical (unpaired) electrons. The number of nitrogens with zero attached hydrogens (tertiary/aromatic N) is 3. The molecule has 2 aromatic rings. The van der Waals surface area contributed by atoms with Crippen molar-refractivity contribution in [1.82, 2.24) is 14.7 Å². The number of amides is 3. The van der Waals surface area contributed by atoms with E-state index in [1.165, 1.54) is 4.90 Å². The van der Waals surface area contributed by atoms with E-state index in [0.717, 1.165) is 0 Å². The summed E-state index contributed by atoms with van der Waals surface area (Å²) in [6, 6.07) is 15.9. The number of aliphatic hydroxyl groups is 1. The number of fused-ring (bicyclic) bond motifs is 1. The van der Waals surface area contributed by atoms with Crippen LogP contribution in [0.2, 0.25) is 0 Å². The Morgan fingerprint density at radius 2 is 1.63 bits per heavy atom. The molecule has 54 heavy (non-hydrogen) atoms. The highest BCUT2D eigenvalue weighted by molar-refractivity contribution is 5.98. The van der Waals surface area contributed by atoms with Gasteiger partial charge in [0.1, 0.15) is 17.7 Å². The monoisotopic (exact) mass is 741 g/mol. The average Bonchev–Trinajstić information content (AvgIpc) is 3.78. The van der Waals surface area contributed by atoms with Crippen molar-refractivity contribution in [2.75, 3.05) is 20.2 Å². The fraction of sp³-hybridized carbons (Fsp3) is 0.545. The lowest BCUT2D eigenvalue weighted by Gasteiger charge is -2.46. The van der Waals surface area contributed by atoms with Crippen molar-refractivity contribution in [3.8, 4) is 0 Å². The van der Waals surface area contributed by atoms with Crippen molar-refractivity contribution in [3.63, 3.8) is 0 Å². The molecule has 1 N–H and O–H groups in total. The van der Waals surface area contributed by atoms with Crippen LogP contribution in [-0.4, -0.2) is 93.0 Å². The first kappa shape index (κ1) is 40.9. The second-order valence-corrected chi connectivity index (χ2v) is 17.0. The first-order valence-corrected chi connectivity index (χ1v) is 19.2. The third kappa shape index (κ3) is 7.78. The largest absolute Gasteiger partial charge is 0.455 e. The van der Waals surface area contributed by atoms with Crippen molar-refractivity contribution in [2.24, 2.45) is 17.3 Å². The van der Waals surface area contributed by atoms with E-state index in [1.807, 2.05) is 81.4 Å². The quantitative estimate of drug-likeness (QED) is 0.156. The Morgan fingerprint density at radius 1 is 1.02 bits per heavy atom. The average molecular weight is 742 g/mol. The zero-order valence-electron chi connectivity index (χ0n) is 33.1. The maximum Gasteiger partial charge on any atom is 0.313 e. The van der Waals surface area contributed by atoms with Gasteiger partial charge in [0.25, 0.3) is 0 Å². The molecule has 0 aliphatic carbocycles. The van der Waals surface area contributed by atoms with Crippen LogP contribution in [0.3, 0.4) is 0 Å². The second kappa shape index (κ2) is 16.2. The van der Waals surface area contributed by atoms with Crippen LogP contribution in [-0.2, 0) is 28.7 Å². The molecule has 2 bridgehead atoms. The molecule has 0 saturated carbocycles. The van der Waals surface area contributed by atoms with Crippen molar-refractivity contribution in [3.05, 3.63) is 97.1 Å². The van der Waals surface area contributed by atoms with E-state index >= 15 is 9.59 Å². The summed E-state index contributed by atoms with van der Waals surface area (Å²) in [5.74, 6) is -3.48. The van der Waals surface area contributed by atoms with Gasteiger partial charge in [-0.25, -0.2) is 0 Å². The van der Waals surface area contributed by atoms with E-state index in [4.69, 9.17) is 9.47 Å². The van der Waals surface area contributed by atoms with Crippen LogP contribution in [0.25, 0.3) is 0 Å². The van der Waals surface area contributed by atoms with E-state index in [2.05, 4.69) is 33.9 Å². The minimum Gasteiger partial charge on any atom is -0.455 e. The number of benzene rings is 2. The molecular weight excluding hydrogens is 682 g/mol. The number of ether oxygens (including phenoxy) is 2. The number of carbonyl (C=O) groups is 4. The minimum absolute atomic E-state index is 0.112. The van der Waals surface area contributed by atoms with Gasteiger partial charge in [0.05, 0.1) is 36.6 Å². The number of likely N-dealkylation sites (tertiary alicyclic amines) is 1. The summed E-state index contributed by atoms with van der Waals surface area (Å²) in [5, 5.41) is 11.0. The molecule has 3 fully saturated rings. The highest BCUT2D eigenvalue weighted by Crippen LogP contribution is 2.60. The molecular formula is C44H59N3O7. The minimum atomic E-state index is -1.33. The van der Waals surface area contributed by atoms with E-state index in [0.29, 0.717) is 36.8 Å². The molecule has 2 aromatic carbocycles. The fourth-order valence-corrected chi connectivity index (χ4v) is 9.43. The van der Waals surface area contributed by atoms with Crippen LogP contribution in [0.1, 0.15) is 96.9 Å². The number of hydrogen-bond acceptors (Lipinski definition) is 7. The van der Waals surface area contributed by atoms with E-state index in [1.54, 1.807) is 29.0 Å². The van der Waals surface area contributed by atoms with Crippen LogP contribution in [0.15, 0.2) is 86.0 Å². The Bertz CT molecular complexity index is 1690. The summed E-state index contributed by atoms with van der Waals surface area (Å²) < 4.78 is 13.2. The first-order chi connectivity index (χ1) is 25.5. The molecule has 292 valence electrons. The predicted octanol–water partition coefficient (Wildman–Crippen LogP) is 6.42. The first-order valence-electron chi connectivity index (χ1n) is 19.2. The fourth-order valence-electron chi connectivity index (χ4n) is 9.43. The molecule has 3 saturated heterocycles. The second-order valence-electron chi connectivity index (χ2n) is 17.0. The van der Waals surface area contributed by atoms with E-state index in [9.17, 15) is 14.7 Å². The van der Waals surface area contributed by atoms with Crippen LogP contribution < -0.4 is 0 Å². The van der Waals surface area contributed by atoms with Gasteiger partial charge in [-0.1, -0.05) is 93.6 Å². The molecule has 10 heteroatoms. The Kier molecular flexibility index (Phi) is 12.3. The van der Waals surface area contributed by atoms with Gasteiger partial charge in [0.15, 0.2) is 0 Å². The molecule has 3 aliphatic rings. The Labute approximate surface area is 321 Å². The van der Waals surface area contributed by atoms with Gasteiger partial charge in [-0.2, -0.15) is 0 Å². The third-order valence-corrected chi connectivity index (χ3v) is 11.6. The zero-order valence-corrected chi connectivity index (χ0v) is 33.1. The highest BCUT2D eigenvalue weighted by Gasteiger charge is 2.76. The van der Waals surface area contributed by atoms with Crippen molar-refractivity contribution in [1.29, 1.82) is 0 Å². The Morgan fingerprint density at radius 3 is 2.19 bits per heavy atom. The Balaban J connectivity index is 1.57. The summed E-state index contributed by atoms with van der Waals surface area (Å²) in [5.41, 5.74) is -0.716. The molecule has 3 aliphatic heterocycles. The molecule has 3 heterocycles. The summed E-state index contributed by atoms with van der Waals surface area (Å²) >= 11 is 0. The van der Waals surface area contributed by atoms with Crippen LogP contribution >= 0.6 is 0 Å². The van der Waals surface area contributed by atoms with Crippen molar-refractivity contribution in [2.45, 2.75) is 115 Å². The SMILES string of the molecule is C=CCCC(=O)N(C)[C@H](C)[C@H](OC(=O)[C@@H]1[C@H]2C(=O)N([C@H](CO)c3ccccc3)[C@H](C(=O)N(CC=C)C(C)(C)CC(C)(C)C)[C@]23CC[C@H]1O3)c1ccccc1. The molecule has 1 spiro atoms. The van der Waals surface area contributed by atoms with Gasteiger partial charge in [-0.15, -0.1) is 13.2 Å². The maximum absolute atomic E-state index is 15.3. The van der Waals surface area contributed by atoms with Gasteiger partial charge in [-0.05, 0) is 63.0 Å². The Hall–Kier alpha value is -4.28. The summed E-state index contributed by atoms with van der Waals surface area (Å²) in [7, 11) is 1.69. The molecule has 0 unspecified atom stereocenters. The van der Waals surface area contributed by atoms with Crippen LogP contribution in [0, 0.1) is 17.3 Å². The van der Waals surface area contributed by atoms with E-state index in [-0.39, 0.29) is 30.2 Å². The highest BCUT2D eigenvalue weighted by atomic mass is 16.6. The lowest BCUT2D eigenvalue weighted by Crippen LogP contribution is -2.61. The molecule has 10 nitrogen and oxygen atoms in total. The van der Waals surface area contributed by atoms with Gasteiger partial charge >= 0.3 is 5.97 Å². The lowest BCUT2D eigenvalue weighted by molar-refractivity contribution is -0.165. The van der Waals surface area contributed by atoms with Crippen molar-refractivity contribution >= 4 is 23.7 Å². The van der Waals surface area contributed by atoms with E-state index < -0.39 is 71.8 Å². The molecule has 0 aromatic heterocycles. The standard InChI is InChI=1S/C44H59N3O7/c1-10-12-23-34(49)45(9)29(3)37(31-21-17-14-18-22-31)53-41(52)35-33-24-25-44(54-33)36(35)39(50)47(32(27-48)30-19-15-13-16-20-30)38(44)40(51)46(26-11-2)43(7,8)28-42(4,5)6/h10-11,13-22,29,32-33,35-38,48H,1-2,12,23-28H2,3-9H3/t29-,32-,33-,35+,36+,37+,38-,44+/m1/s1. The number of hydrogen-bond donors (Lipinski definition) is 1. The van der Waals surface area contributed by atoms with Gasteiger partial charge < -0.3 is 29.3 Å². The van der Waals surface area contributed by atoms with Crippen LogP contribution in [0.5, 0.6) is 0 Å². The summed E-state index contributed by atoms with van der Waals surface area (Å²) in [6.07, 6.45) is 4.19. The lowest BCUT2D eigenvalue weighted by atomic mass is 9.70. The molecule has 3 amide bonds. The number of allylic oxidation sites excluding steroid dienone is 1. The molecule has 5 rings (SSSR count). The van der Waals surface area contributed by atoms with Crippen LogP contribution in [0.4, 0.5) is 0 Å². The maximum atomic E-state index is 15.3. The third-order valence-electron chi connectivity index (χ3n) is 11.6. The number of likely N-dealkylation sites (N-methyl/N-ethyl adjacent to an activating group) is 1. The zero-order chi connectivity index (χ0) is 39.6. The number of carbonyl (C=O) groups excluding carboxylic acids is 4. The van der Waals surface area contributed by atoms with Gasteiger partial charge in [-0.3, -0.25) is 19.2 Å². The van der Waals surface area contributed by atoms with Crippen molar-refractivity contribution < 1.29 is 33.8 Å². The number of rotatable bonds is 16. The number of aliphatic hydroxyl groups excluding tert-OH is 1. The predicted molar refractivity (Wildman–Crippen MR) is 208 cm³/mol. The summed E-state index contributed by atoms with van der Waals surface area (Å²) in [4.78, 5) is 63.1. The normalized spacial score (nSPS) is 25.0. The summed E-state index contributed by atoms with van der Waals surface area (Å²) in [6.45, 7) is 19.8. The van der Waals surface area contributed by atoms with Gasteiger partial charge in [0.2, 0.25) is 17.7 Å². The number of esters is 1. The molecule has 8 atom stereocenters. The van der Waals surface area contributed by atoms with Gasteiger partial charge in [0, 0.05) is 25.6 Å². The topological polar surface area (TPSA) is 117 Å².